The molecule has 0 fully saturated rings. The van der Waals surface area contributed by atoms with E-state index < -0.39 is 6.10 Å². The molecule has 0 bridgehead atoms. The standard InChI is InChI=1S/C75H132O6/c1-4-7-10-13-16-19-22-25-28-31-32-33-34-35-36-37-38-39-40-41-42-45-47-50-53-56-59-62-65-68-74(77)80-71-72(81-75(78)69-66-63-60-57-54-51-48-44-30-27-24-21-18-15-12-9-6-3)70-79-73(76)67-64-61-58-55-52-49-46-43-29-26-23-20-17-14-11-8-5-2/h7,10,16,19,25-30,32-33,35-36,72H,4-6,8-9,11-15,17-18,20-24,31,34,37-71H2,1-3H3/b10-7-,19-16-,28-25-,29-26-,30-27-,33-32-,36-35-. The van der Waals surface area contributed by atoms with Gasteiger partial charge in [0.05, 0.1) is 0 Å². The molecule has 0 N–H and O–H groups in total. The minimum Gasteiger partial charge on any atom is -0.462 e. The summed E-state index contributed by atoms with van der Waals surface area (Å²) in [6.45, 7) is 6.56. The second kappa shape index (κ2) is 69.1. The first-order chi connectivity index (χ1) is 40.0. The molecule has 0 aromatic carbocycles. The molecule has 0 aromatic rings. The van der Waals surface area contributed by atoms with Crippen LogP contribution in [-0.4, -0.2) is 37.2 Å². The van der Waals surface area contributed by atoms with Crippen molar-refractivity contribution in [2.75, 3.05) is 13.2 Å². The van der Waals surface area contributed by atoms with Gasteiger partial charge in [-0.25, -0.2) is 0 Å². The first kappa shape index (κ1) is 77.6. The van der Waals surface area contributed by atoms with Crippen molar-refractivity contribution >= 4 is 17.9 Å². The van der Waals surface area contributed by atoms with Gasteiger partial charge in [0, 0.05) is 19.3 Å². The number of esters is 3. The van der Waals surface area contributed by atoms with Crippen molar-refractivity contribution in [3.8, 4) is 0 Å². The minimum absolute atomic E-state index is 0.0773. The summed E-state index contributed by atoms with van der Waals surface area (Å²) in [6.07, 6.45) is 91.7. The highest BCUT2D eigenvalue weighted by atomic mass is 16.6. The zero-order valence-electron chi connectivity index (χ0n) is 53.8. The number of carbonyl (C=O) groups excluding carboxylic acids is 3. The summed E-state index contributed by atoms with van der Waals surface area (Å²) in [5.74, 6) is -0.868. The van der Waals surface area contributed by atoms with E-state index in [1.807, 2.05) is 0 Å². The van der Waals surface area contributed by atoms with Crippen LogP contribution in [0.25, 0.3) is 0 Å². The van der Waals surface area contributed by atoms with E-state index in [9.17, 15) is 14.4 Å². The molecule has 0 saturated heterocycles. The molecule has 0 heterocycles. The zero-order chi connectivity index (χ0) is 58.5. The normalized spacial score (nSPS) is 12.6. The van der Waals surface area contributed by atoms with E-state index in [1.54, 1.807) is 0 Å². The number of hydrogen-bond acceptors (Lipinski definition) is 6. The molecule has 0 radical (unpaired) electrons. The Balaban J connectivity index is 4.29. The van der Waals surface area contributed by atoms with Gasteiger partial charge in [-0.15, -0.1) is 0 Å². The van der Waals surface area contributed by atoms with Gasteiger partial charge >= 0.3 is 17.9 Å². The van der Waals surface area contributed by atoms with Crippen LogP contribution in [0.15, 0.2) is 85.1 Å². The highest BCUT2D eigenvalue weighted by molar-refractivity contribution is 5.71. The Morgan fingerprint density at radius 1 is 0.259 bits per heavy atom. The summed E-state index contributed by atoms with van der Waals surface area (Å²) >= 11 is 0. The second-order valence-corrected chi connectivity index (χ2v) is 23.4. The largest absolute Gasteiger partial charge is 0.462 e. The first-order valence-electron chi connectivity index (χ1n) is 35.1. The Morgan fingerprint density at radius 3 is 0.765 bits per heavy atom. The van der Waals surface area contributed by atoms with Crippen molar-refractivity contribution in [2.24, 2.45) is 0 Å². The average Bonchev–Trinajstić information content (AvgIpc) is 3.47. The summed E-state index contributed by atoms with van der Waals surface area (Å²) in [5.41, 5.74) is 0. The third-order valence-corrected chi connectivity index (χ3v) is 15.4. The van der Waals surface area contributed by atoms with Crippen molar-refractivity contribution in [3.05, 3.63) is 85.1 Å². The van der Waals surface area contributed by atoms with E-state index >= 15 is 0 Å². The Kier molecular flexibility index (Phi) is 66.2. The molecule has 0 rings (SSSR count). The van der Waals surface area contributed by atoms with Gasteiger partial charge in [0.2, 0.25) is 0 Å². The number of allylic oxidation sites excluding steroid dienone is 14. The molecular formula is C75H132O6. The molecule has 0 aliphatic heterocycles. The lowest BCUT2D eigenvalue weighted by Crippen LogP contribution is -2.30. The number of carbonyl (C=O) groups is 3. The third-order valence-electron chi connectivity index (χ3n) is 15.4. The average molecular weight is 1130 g/mol. The van der Waals surface area contributed by atoms with Gasteiger partial charge in [-0.1, -0.05) is 305 Å². The van der Waals surface area contributed by atoms with Gasteiger partial charge in [-0.3, -0.25) is 14.4 Å². The van der Waals surface area contributed by atoms with Crippen molar-refractivity contribution in [1.82, 2.24) is 0 Å². The van der Waals surface area contributed by atoms with E-state index in [0.29, 0.717) is 19.3 Å². The quantitative estimate of drug-likeness (QED) is 0.0261. The van der Waals surface area contributed by atoms with E-state index in [-0.39, 0.29) is 31.1 Å². The third kappa shape index (κ3) is 67.3. The molecule has 0 saturated carbocycles. The molecule has 6 heteroatoms. The van der Waals surface area contributed by atoms with Crippen LogP contribution in [0.4, 0.5) is 0 Å². The number of hydrogen-bond donors (Lipinski definition) is 0. The van der Waals surface area contributed by atoms with E-state index in [2.05, 4.69) is 106 Å². The zero-order valence-corrected chi connectivity index (χ0v) is 53.8. The predicted octanol–water partition coefficient (Wildman–Crippen LogP) is 24.2. The highest BCUT2D eigenvalue weighted by Crippen LogP contribution is 2.17. The molecule has 1 unspecified atom stereocenters. The summed E-state index contributed by atoms with van der Waals surface area (Å²) in [7, 11) is 0. The van der Waals surface area contributed by atoms with Crippen LogP contribution in [0.2, 0.25) is 0 Å². The maximum Gasteiger partial charge on any atom is 0.306 e. The fourth-order valence-corrected chi connectivity index (χ4v) is 10.1. The fourth-order valence-electron chi connectivity index (χ4n) is 10.1. The van der Waals surface area contributed by atoms with Crippen LogP contribution in [0.3, 0.4) is 0 Å². The van der Waals surface area contributed by atoms with E-state index in [1.165, 1.54) is 225 Å². The molecule has 6 nitrogen and oxygen atoms in total. The summed E-state index contributed by atoms with van der Waals surface area (Å²) in [4.78, 5) is 38.4. The number of unbranched alkanes of at least 4 members (excludes halogenated alkanes) is 39. The lowest BCUT2D eigenvalue weighted by atomic mass is 10.0. The first-order valence-corrected chi connectivity index (χ1v) is 35.1. The maximum atomic E-state index is 12.9. The van der Waals surface area contributed by atoms with Gasteiger partial charge in [0.15, 0.2) is 6.10 Å². The van der Waals surface area contributed by atoms with E-state index in [4.69, 9.17) is 14.2 Å². The smallest absolute Gasteiger partial charge is 0.306 e. The Labute approximate surface area is 503 Å². The van der Waals surface area contributed by atoms with E-state index in [0.717, 1.165) is 89.9 Å². The molecule has 0 spiro atoms. The van der Waals surface area contributed by atoms with Crippen LogP contribution in [0, 0.1) is 0 Å². The van der Waals surface area contributed by atoms with Crippen molar-refractivity contribution in [2.45, 2.75) is 361 Å². The minimum atomic E-state index is -0.782. The monoisotopic (exact) mass is 1130 g/mol. The highest BCUT2D eigenvalue weighted by Gasteiger charge is 2.19. The molecular weight excluding hydrogens is 997 g/mol. The Bertz CT molecular complexity index is 1530. The number of rotatable bonds is 64. The Morgan fingerprint density at radius 2 is 0.481 bits per heavy atom. The Hall–Kier alpha value is -3.41. The van der Waals surface area contributed by atoms with Crippen molar-refractivity contribution in [1.29, 1.82) is 0 Å². The molecule has 1 atom stereocenters. The predicted molar refractivity (Wildman–Crippen MR) is 353 cm³/mol. The van der Waals surface area contributed by atoms with Gasteiger partial charge in [-0.2, -0.15) is 0 Å². The fraction of sp³-hybridized carbons (Fsp3) is 0.773. The van der Waals surface area contributed by atoms with Crippen molar-refractivity contribution in [3.63, 3.8) is 0 Å². The topological polar surface area (TPSA) is 78.9 Å². The second-order valence-electron chi connectivity index (χ2n) is 23.4. The summed E-state index contributed by atoms with van der Waals surface area (Å²) < 4.78 is 17.0. The lowest BCUT2D eigenvalue weighted by Gasteiger charge is -2.18. The molecule has 468 valence electrons. The molecule has 81 heavy (non-hydrogen) atoms. The van der Waals surface area contributed by atoms with Gasteiger partial charge in [-0.05, 0) is 116 Å². The molecule has 0 aliphatic carbocycles. The molecule has 0 aromatic heterocycles. The van der Waals surface area contributed by atoms with Crippen LogP contribution in [0.1, 0.15) is 355 Å². The number of ether oxygens (including phenoxy) is 3. The summed E-state index contributed by atoms with van der Waals surface area (Å²) in [6, 6.07) is 0. The van der Waals surface area contributed by atoms with Gasteiger partial charge < -0.3 is 14.2 Å². The van der Waals surface area contributed by atoms with Crippen LogP contribution in [-0.2, 0) is 28.6 Å². The molecule has 0 amide bonds. The summed E-state index contributed by atoms with van der Waals surface area (Å²) in [5, 5.41) is 0. The SMILES string of the molecule is CC/C=C\C/C=C\C/C=C\C/C=C\C/C=C\CCCCCCCCCCCCCCCC(=O)OCC(COC(=O)CCCCCCCCC/C=C\CCCCCCCC)OC(=O)CCCCCCCCC/C=C\CCCCCCCC. The molecule has 0 aliphatic rings. The van der Waals surface area contributed by atoms with Crippen molar-refractivity contribution < 1.29 is 28.6 Å². The van der Waals surface area contributed by atoms with Crippen LogP contribution >= 0.6 is 0 Å². The maximum absolute atomic E-state index is 12.9. The lowest BCUT2D eigenvalue weighted by molar-refractivity contribution is -0.167. The van der Waals surface area contributed by atoms with Crippen LogP contribution < -0.4 is 0 Å². The van der Waals surface area contributed by atoms with Gasteiger partial charge in [0.1, 0.15) is 13.2 Å². The van der Waals surface area contributed by atoms with Crippen LogP contribution in [0.5, 0.6) is 0 Å². The van der Waals surface area contributed by atoms with Gasteiger partial charge in [0.25, 0.3) is 0 Å².